The van der Waals surface area contributed by atoms with Crippen LogP contribution in [-0.2, 0) is 19.2 Å². The molecule has 4 unspecified atom stereocenters. The number of carbonyl (C=O) groups is 4. The second-order valence-electron chi connectivity index (χ2n) is 7.11. The maximum Gasteiger partial charge on any atom is 0.326 e. The van der Waals surface area contributed by atoms with Crippen LogP contribution in [0.15, 0.2) is 4.99 Å². The standard InChI is InChI=1S/C17H33N7O6S/c1-8(2)12(24-13(26)9(18)7-31)15(28)23-11(6-25)14(27)22-10(16(29)30)4-3-5-21-17(19)20/h8-12,25,31H,3-7,18H2,1-2H3,(H,22,27)(H,23,28)(H,24,26)(H,29,30)(H4,19,20,21). The van der Waals surface area contributed by atoms with Gasteiger partial charge >= 0.3 is 5.97 Å². The Hall–Kier alpha value is -2.58. The van der Waals surface area contributed by atoms with E-state index < -0.39 is 54.5 Å². The zero-order valence-electron chi connectivity index (χ0n) is 17.6. The van der Waals surface area contributed by atoms with Crippen LogP contribution in [0.3, 0.4) is 0 Å². The first kappa shape index (κ1) is 28.4. The molecule has 14 heteroatoms. The summed E-state index contributed by atoms with van der Waals surface area (Å²) in [5.74, 6) is -3.95. The summed E-state index contributed by atoms with van der Waals surface area (Å²) in [5, 5.41) is 25.8. The van der Waals surface area contributed by atoms with E-state index in [2.05, 4.69) is 33.6 Å². The number of carbonyl (C=O) groups excluding carboxylic acids is 3. The van der Waals surface area contributed by atoms with E-state index in [4.69, 9.17) is 17.2 Å². The molecular formula is C17H33N7O6S. The van der Waals surface area contributed by atoms with Crippen LogP contribution in [0, 0.1) is 5.92 Å². The minimum Gasteiger partial charge on any atom is -0.480 e. The van der Waals surface area contributed by atoms with E-state index in [1.807, 2.05) is 0 Å². The number of aliphatic carboxylic acids is 1. The van der Waals surface area contributed by atoms with Crippen LogP contribution in [0.5, 0.6) is 0 Å². The average molecular weight is 464 g/mol. The molecule has 0 aromatic carbocycles. The summed E-state index contributed by atoms with van der Waals surface area (Å²) < 4.78 is 0. The van der Waals surface area contributed by atoms with Crippen LogP contribution in [-0.4, -0.2) is 82.9 Å². The van der Waals surface area contributed by atoms with Crippen molar-refractivity contribution in [3.8, 4) is 0 Å². The van der Waals surface area contributed by atoms with Crippen molar-refractivity contribution >= 4 is 42.3 Å². The number of guanidine groups is 1. The summed E-state index contributed by atoms with van der Waals surface area (Å²) >= 11 is 3.93. The Morgan fingerprint density at radius 1 is 1.00 bits per heavy atom. The molecule has 178 valence electrons. The van der Waals surface area contributed by atoms with Crippen LogP contribution in [0.4, 0.5) is 0 Å². The number of hydrogen-bond acceptors (Lipinski definition) is 8. The second kappa shape index (κ2) is 14.4. The highest BCUT2D eigenvalue weighted by molar-refractivity contribution is 7.80. The molecule has 11 N–H and O–H groups in total. The lowest BCUT2D eigenvalue weighted by molar-refractivity contribution is -0.142. The lowest BCUT2D eigenvalue weighted by atomic mass is 10.0. The van der Waals surface area contributed by atoms with E-state index in [9.17, 15) is 29.4 Å². The first-order valence-electron chi connectivity index (χ1n) is 9.61. The third-order valence-corrected chi connectivity index (χ3v) is 4.55. The Balaban J connectivity index is 5.07. The van der Waals surface area contributed by atoms with Gasteiger partial charge in [0.05, 0.1) is 12.6 Å². The minimum absolute atomic E-state index is 0.0240. The minimum atomic E-state index is -1.43. The maximum absolute atomic E-state index is 12.6. The summed E-state index contributed by atoms with van der Waals surface area (Å²) in [6.07, 6.45) is 0.300. The molecule has 0 aromatic heterocycles. The lowest BCUT2D eigenvalue weighted by Gasteiger charge is -2.26. The van der Waals surface area contributed by atoms with Gasteiger partial charge in [-0.2, -0.15) is 12.6 Å². The van der Waals surface area contributed by atoms with Crippen LogP contribution in [0.2, 0.25) is 0 Å². The van der Waals surface area contributed by atoms with Gasteiger partial charge in [-0.15, -0.1) is 0 Å². The first-order valence-corrected chi connectivity index (χ1v) is 10.2. The summed E-state index contributed by atoms with van der Waals surface area (Å²) in [6.45, 7) is 2.72. The van der Waals surface area contributed by atoms with Crippen molar-refractivity contribution in [2.75, 3.05) is 18.9 Å². The number of aliphatic hydroxyl groups excluding tert-OH is 1. The number of amides is 3. The van der Waals surface area contributed by atoms with E-state index in [0.29, 0.717) is 0 Å². The van der Waals surface area contributed by atoms with Crippen molar-refractivity contribution in [1.29, 1.82) is 0 Å². The Morgan fingerprint density at radius 2 is 1.58 bits per heavy atom. The van der Waals surface area contributed by atoms with Crippen molar-refractivity contribution in [3.63, 3.8) is 0 Å². The van der Waals surface area contributed by atoms with E-state index in [1.54, 1.807) is 13.8 Å². The Labute approximate surface area is 186 Å². The normalized spacial score (nSPS) is 14.6. The number of nitrogens with two attached hydrogens (primary N) is 3. The number of nitrogens with one attached hydrogen (secondary N) is 3. The molecule has 0 bridgehead atoms. The highest BCUT2D eigenvalue weighted by Crippen LogP contribution is 2.04. The number of aliphatic hydroxyl groups is 1. The van der Waals surface area contributed by atoms with Crippen LogP contribution < -0.4 is 33.2 Å². The number of rotatable bonds is 14. The van der Waals surface area contributed by atoms with Crippen molar-refractivity contribution in [2.24, 2.45) is 28.1 Å². The molecule has 0 fully saturated rings. The molecule has 0 aliphatic rings. The van der Waals surface area contributed by atoms with Gasteiger partial charge in [0.25, 0.3) is 0 Å². The molecule has 13 nitrogen and oxygen atoms in total. The largest absolute Gasteiger partial charge is 0.480 e. The second-order valence-corrected chi connectivity index (χ2v) is 7.48. The number of hydrogen-bond donors (Lipinski definition) is 9. The third-order valence-electron chi connectivity index (χ3n) is 4.16. The van der Waals surface area contributed by atoms with Gasteiger partial charge in [0.15, 0.2) is 5.96 Å². The van der Waals surface area contributed by atoms with Crippen LogP contribution in [0.1, 0.15) is 26.7 Å². The zero-order chi connectivity index (χ0) is 24.1. The van der Waals surface area contributed by atoms with Crippen molar-refractivity contribution < 1.29 is 29.4 Å². The SMILES string of the molecule is CC(C)C(NC(=O)C(N)CS)C(=O)NC(CO)C(=O)NC(CCCN=C(N)N)C(=O)O. The molecule has 0 radical (unpaired) electrons. The van der Waals surface area contributed by atoms with Crippen LogP contribution in [0.25, 0.3) is 0 Å². The zero-order valence-corrected chi connectivity index (χ0v) is 18.5. The molecule has 0 heterocycles. The van der Waals surface area contributed by atoms with Gasteiger partial charge in [0.2, 0.25) is 17.7 Å². The molecule has 3 amide bonds. The molecule has 0 aromatic rings. The van der Waals surface area contributed by atoms with Crippen LogP contribution >= 0.6 is 12.6 Å². The van der Waals surface area contributed by atoms with Crippen molar-refractivity contribution in [1.82, 2.24) is 16.0 Å². The molecule has 31 heavy (non-hydrogen) atoms. The lowest BCUT2D eigenvalue weighted by Crippen LogP contribution is -2.59. The fraction of sp³-hybridized carbons (Fsp3) is 0.706. The summed E-state index contributed by atoms with van der Waals surface area (Å²) in [7, 11) is 0. The fourth-order valence-corrected chi connectivity index (χ4v) is 2.53. The van der Waals surface area contributed by atoms with Gasteiger partial charge in [0.1, 0.15) is 18.1 Å². The average Bonchev–Trinajstić information content (AvgIpc) is 2.70. The molecule has 0 rings (SSSR count). The van der Waals surface area contributed by atoms with Gasteiger partial charge in [-0.1, -0.05) is 13.8 Å². The van der Waals surface area contributed by atoms with E-state index >= 15 is 0 Å². The predicted octanol–water partition coefficient (Wildman–Crippen LogP) is -3.52. The Kier molecular flexibility index (Phi) is 13.2. The molecule has 0 aliphatic heterocycles. The Bertz CT molecular complexity index is 657. The number of thiol groups is 1. The van der Waals surface area contributed by atoms with E-state index in [1.165, 1.54) is 0 Å². The smallest absolute Gasteiger partial charge is 0.326 e. The number of carboxylic acid groups (broad SMARTS) is 1. The van der Waals surface area contributed by atoms with Gasteiger partial charge < -0.3 is 43.4 Å². The highest BCUT2D eigenvalue weighted by atomic mass is 32.1. The number of carboxylic acids is 1. The molecule has 0 saturated carbocycles. The predicted molar refractivity (Wildman–Crippen MR) is 117 cm³/mol. The van der Waals surface area contributed by atoms with Crippen molar-refractivity contribution in [3.05, 3.63) is 0 Å². The third kappa shape index (κ3) is 10.8. The van der Waals surface area contributed by atoms with Gasteiger partial charge in [0, 0.05) is 12.3 Å². The summed E-state index contributed by atoms with van der Waals surface area (Å²) in [5.41, 5.74) is 16.0. The fourth-order valence-electron chi connectivity index (χ4n) is 2.37. The van der Waals surface area contributed by atoms with E-state index in [-0.39, 0.29) is 37.0 Å². The monoisotopic (exact) mass is 463 g/mol. The van der Waals surface area contributed by atoms with Gasteiger partial charge in [-0.25, -0.2) is 4.79 Å². The topological polar surface area (TPSA) is 235 Å². The maximum atomic E-state index is 12.6. The highest BCUT2D eigenvalue weighted by Gasteiger charge is 2.31. The molecule has 4 atom stereocenters. The summed E-state index contributed by atoms with van der Waals surface area (Å²) in [4.78, 5) is 52.1. The van der Waals surface area contributed by atoms with E-state index in [0.717, 1.165) is 0 Å². The number of nitrogens with zero attached hydrogens (tertiary/aromatic N) is 1. The number of aliphatic imine (C=N–C) groups is 1. The Morgan fingerprint density at radius 3 is 2.03 bits per heavy atom. The molecule has 0 saturated heterocycles. The van der Waals surface area contributed by atoms with Gasteiger partial charge in [-0.3, -0.25) is 19.4 Å². The quantitative estimate of drug-likeness (QED) is 0.0536. The first-order chi connectivity index (χ1) is 14.4. The summed E-state index contributed by atoms with van der Waals surface area (Å²) in [6, 6.07) is -4.66. The van der Waals surface area contributed by atoms with Gasteiger partial charge in [-0.05, 0) is 18.8 Å². The molecular weight excluding hydrogens is 430 g/mol. The van der Waals surface area contributed by atoms with Crippen molar-refractivity contribution in [2.45, 2.75) is 50.9 Å². The molecule has 0 aliphatic carbocycles. The molecule has 0 spiro atoms.